The number of aryl methyl sites for hydroxylation is 2. The number of carbonyl (C=O) groups excluding carboxylic acids is 2. The predicted octanol–water partition coefficient (Wildman–Crippen LogP) is 3.75. The summed E-state index contributed by atoms with van der Waals surface area (Å²) in [7, 11) is 0. The molecule has 0 spiro atoms. The van der Waals surface area contributed by atoms with Crippen molar-refractivity contribution in [3.05, 3.63) is 75.8 Å². The molecule has 1 atom stereocenters. The first-order valence-electron chi connectivity index (χ1n) is 9.98. The minimum atomic E-state index is -0.890. The smallest absolute Gasteiger partial charge is 0.279 e. The Hall–Kier alpha value is -3.39. The topological polar surface area (TPSA) is 85.3 Å². The fraction of sp³-hybridized carbons (Fsp3) is 0.261. The summed E-state index contributed by atoms with van der Waals surface area (Å²) in [5, 5.41) is 5.16. The molecular weight excluding hydrogens is 435 g/mol. The number of aromatic nitrogens is 2. The lowest BCUT2D eigenvalue weighted by Gasteiger charge is -2.15. The molecule has 3 aromatic rings. The standard InChI is InChI=1S/C23H24ClFN4O3/c1-13-5-8-18(11-21(13)24)29-15(3)20(14(2)28-29)12-22(30)26-27-23(31)16(4)32-19-9-6-17(25)7-10-19/h5-11,16H,12H2,1-4H3,(H,26,30)(H,27,31). The van der Waals surface area contributed by atoms with E-state index in [1.807, 2.05) is 39.0 Å². The van der Waals surface area contributed by atoms with Gasteiger partial charge >= 0.3 is 0 Å². The van der Waals surface area contributed by atoms with Gasteiger partial charge < -0.3 is 4.74 Å². The maximum atomic E-state index is 13.0. The Bertz CT molecular complexity index is 1140. The molecule has 0 aliphatic carbocycles. The van der Waals surface area contributed by atoms with Crippen molar-refractivity contribution in [3.8, 4) is 11.4 Å². The Morgan fingerprint density at radius 2 is 1.81 bits per heavy atom. The first kappa shape index (κ1) is 23.3. The van der Waals surface area contributed by atoms with Gasteiger partial charge in [0.1, 0.15) is 11.6 Å². The SMILES string of the molecule is Cc1ccc(-n2nc(C)c(CC(=O)NNC(=O)C(C)Oc3ccc(F)cc3)c2C)cc1Cl. The van der Waals surface area contributed by atoms with Crippen LogP contribution in [-0.4, -0.2) is 27.7 Å². The Morgan fingerprint density at radius 3 is 2.47 bits per heavy atom. The first-order valence-corrected chi connectivity index (χ1v) is 10.4. The molecular formula is C23H24ClFN4O3. The number of halogens is 2. The number of carbonyl (C=O) groups is 2. The van der Waals surface area contributed by atoms with Crippen LogP contribution in [0.25, 0.3) is 5.69 Å². The summed E-state index contributed by atoms with van der Waals surface area (Å²) in [6.07, 6.45) is -0.858. The number of rotatable bonds is 6. The van der Waals surface area contributed by atoms with Crippen LogP contribution in [-0.2, 0) is 16.0 Å². The van der Waals surface area contributed by atoms with Crippen LogP contribution in [0, 0.1) is 26.6 Å². The van der Waals surface area contributed by atoms with Gasteiger partial charge in [-0.2, -0.15) is 5.10 Å². The fourth-order valence-corrected chi connectivity index (χ4v) is 3.28. The lowest BCUT2D eigenvalue weighted by molar-refractivity contribution is -0.132. The monoisotopic (exact) mass is 458 g/mol. The van der Waals surface area contributed by atoms with Gasteiger partial charge in [-0.15, -0.1) is 0 Å². The molecule has 2 N–H and O–H groups in total. The van der Waals surface area contributed by atoms with E-state index in [2.05, 4.69) is 16.0 Å². The molecule has 0 radical (unpaired) electrons. The summed E-state index contributed by atoms with van der Waals surface area (Å²) in [5.41, 5.74) is 8.75. The summed E-state index contributed by atoms with van der Waals surface area (Å²) in [5.74, 6) is -1.00. The molecule has 2 amide bonds. The highest BCUT2D eigenvalue weighted by molar-refractivity contribution is 6.31. The van der Waals surface area contributed by atoms with Crippen LogP contribution in [0.2, 0.25) is 5.02 Å². The van der Waals surface area contributed by atoms with Crippen molar-refractivity contribution in [2.45, 2.75) is 40.2 Å². The highest BCUT2D eigenvalue weighted by atomic mass is 35.5. The summed E-state index contributed by atoms with van der Waals surface area (Å²) in [6, 6.07) is 10.9. The van der Waals surface area contributed by atoms with Crippen LogP contribution in [0.15, 0.2) is 42.5 Å². The molecule has 0 bridgehead atoms. The second kappa shape index (κ2) is 9.82. The third-order valence-electron chi connectivity index (χ3n) is 5.00. The predicted molar refractivity (Wildman–Crippen MR) is 119 cm³/mol. The second-order valence-corrected chi connectivity index (χ2v) is 7.83. The van der Waals surface area contributed by atoms with Crippen molar-refractivity contribution in [2.24, 2.45) is 0 Å². The van der Waals surface area contributed by atoms with Crippen molar-refractivity contribution in [1.29, 1.82) is 0 Å². The van der Waals surface area contributed by atoms with Gasteiger partial charge in [0.25, 0.3) is 5.91 Å². The summed E-state index contributed by atoms with van der Waals surface area (Å²) in [6.45, 7) is 7.13. The molecule has 0 aliphatic rings. The maximum Gasteiger partial charge on any atom is 0.279 e. The highest BCUT2D eigenvalue weighted by Gasteiger charge is 2.19. The van der Waals surface area contributed by atoms with E-state index in [0.717, 1.165) is 22.5 Å². The number of nitrogens with one attached hydrogen (secondary N) is 2. The van der Waals surface area contributed by atoms with E-state index < -0.39 is 23.7 Å². The highest BCUT2D eigenvalue weighted by Crippen LogP contribution is 2.23. The fourth-order valence-electron chi connectivity index (χ4n) is 3.10. The number of ether oxygens (including phenoxy) is 1. The molecule has 1 unspecified atom stereocenters. The third-order valence-corrected chi connectivity index (χ3v) is 5.41. The molecule has 7 nitrogen and oxygen atoms in total. The van der Waals surface area contributed by atoms with E-state index in [1.165, 1.54) is 31.2 Å². The number of amides is 2. The number of hydrogen-bond donors (Lipinski definition) is 2. The summed E-state index contributed by atoms with van der Waals surface area (Å²) < 4.78 is 20.1. The second-order valence-electron chi connectivity index (χ2n) is 7.42. The van der Waals surface area contributed by atoms with Crippen LogP contribution in [0.1, 0.15) is 29.4 Å². The molecule has 168 valence electrons. The van der Waals surface area contributed by atoms with Crippen LogP contribution in [0.4, 0.5) is 4.39 Å². The number of hydrazine groups is 1. The number of hydrogen-bond acceptors (Lipinski definition) is 4. The Balaban J connectivity index is 1.60. The molecule has 0 saturated carbocycles. The van der Waals surface area contributed by atoms with Crippen LogP contribution >= 0.6 is 11.6 Å². The van der Waals surface area contributed by atoms with Gasteiger partial charge in [0.15, 0.2) is 6.10 Å². The first-order chi connectivity index (χ1) is 15.2. The zero-order valence-electron chi connectivity index (χ0n) is 18.2. The molecule has 1 heterocycles. The normalized spacial score (nSPS) is 11.7. The quantitative estimate of drug-likeness (QED) is 0.551. The van der Waals surface area contributed by atoms with Crippen molar-refractivity contribution < 1.29 is 18.7 Å². The van der Waals surface area contributed by atoms with Crippen molar-refractivity contribution in [1.82, 2.24) is 20.6 Å². The zero-order chi connectivity index (χ0) is 23.4. The molecule has 9 heteroatoms. The lowest BCUT2D eigenvalue weighted by Crippen LogP contribution is -2.47. The molecule has 32 heavy (non-hydrogen) atoms. The minimum absolute atomic E-state index is 0.0325. The minimum Gasteiger partial charge on any atom is -0.481 e. The van der Waals surface area contributed by atoms with Crippen molar-refractivity contribution in [3.63, 3.8) is 0 Å². The van der Waals surface area contributed by atoms with E-state index in [9.17, 15) is 14.0 Å². The van der Waals surface area contributed by atoms with E-state index >= 15 is 0 Å². The van der Waals surface area contributed by atoms with Gasteiger partial charge in [-0.1, -0.05) is 17.7 Å². The largest absolute Gasteiger partial charge is 0.481 e. The molecule has 0 fully saturated rings. The summed E-state index contributed by atoms with van der Waals surface area (Å²) >= 11 is 6.23. The third kappa shape index (κ3) is 5.45. The summed E-state index contributed by atoms with van der Waals surface area (Å²) in [4.78, 5) is 24.6. The van der Waals surface area contributed by atoms with Gasteiger partial charge in [0.2, 0.25) is 5.91 Å². The van der Waals surface area contributed by atoms with Crippen molar-refractivity contribution >= 4 is 23.4 Å². The number of nitrogens with zero attached hydrogens (tertiary/aromatic N) is 2. The zero-order valence-corrected chi connectivity index (χ0v) is 19.0. The average Bonchev–Trinajstić information content (AvgIpc) is 3.03. The molecule has 2 aromatic carbocycles. The Kier molecular flexibility index (Phi) is 7.15. The van der Waals surface area contributed by atoms with Crippen LogP contribution in [0.3, 0.4) is 0 Å². The van der Waals surface area contributed by atoms with E-state index in [-0.39, 0.29) is 6.42 Å². The van der Waals surface area contributed by atoms with Gasteiger partial charge in [-0.05, 0) is 69.7 Å². The lowest BCUT2D eigenvalue weighted by atomic mass is 10.1. The van der Waals surface area contributed by atoms with E-state index in [4.69, 9.17) is 16.3 Å². The van der Waals surface area contributed by atoms with E-state index in [0.29, 0.717) is 16.5 Å². The van der Waals surface area contributed by atoms with Gasteiger partial charge in [0, 0.05) is 16.3 Å². The van der Waals surface area contributed by atoms with E-state index in [1.54, 1.807) is 4.68 Å². The molecule has 3 rings (SSSR count). The Morgan fingerprint density at radius 1 is 1.12 bits per heavy atom. The van der Waals surface area contributed by atoms with Crippen LogP contribution in [0.5, 0.6) is 5.75 Å². The number of benzene rings is 2. The molecule has 1 aromatic heterocycles. The van der Waals surface area contributed by atoms with Gasteiger partial charge in [-0.25, -0.2) is 9.07 Å². The molecule has 0 aliphatic heterocycles. The van der Waals surface area contributed by atoms with Crippen molar-refractivity contribution in [2.75, 3.05) is 0 Å². The van der Waals surface area contributed by atoms with Gasteiger partial charge in [0.05, 0.1) is 17.8 Å². The Labute approximate surface area is 190 Å². The van der Waals surface area contributed by atoms with Crippen LogP contribution < -0.4 is 15.6 Å². The average molecular weight is 459 g/mol. The molecule has 0 saturated heterocycles. The maximum absolute atomic E-state index is 13.0. The van der Waals surface area contributed by atoms with Gasteiger partial charge in [-0.3, -0.25) is 20.4 Å².